The average molecular weight is 217 g/mol. The highest BCUT2D eigenvalue weighted by Gasteiger charge is 2.21. The minimum atomic E-state index is -0.648. The fourth-order valence-electron chi connectivity index (χ4n) is 1.22. The van der Waals surface area contributed by atoms with Crippen molar-refractivity contribution >= 4 is 5.84 Å². The van der Waals surface area contributed by atoms with E-state index in [4.69, 9.17) is 10.9 Å². The monoisotopic (exact) mass is 217 g/mol. The van der Waals surface area contributed by atoms with Crippen molar-refractivity contribution < 1.29 is 10.3 Å². The molecule has 0 saturated carbocycles. The maximum Gasteiger partial charge on any atom is 0.143 e. The largest absolute Gasteiger partial charge is 0.409 e. The van der Waals surface area contributed by atoms with Crippen molar-refractivity contribution in [3.8, 4) is 0 Å². The molecule has 1 atom stereocenters. The number of oxime groups is 1. The molecule has 5 N–H and O–H groups in total. The first kappa shape index (κ1) is 14.2. The molecule has 0 amide bonds. The van der Waals surface area contributed by atoms with Crippen LogP contribution in [0, 0.1) is 5.92 Å². The van der Waals surface area contributed by atoms with Crippen LogP contribution in [0.4, 0.5) is 0 Å². The molecule has 0 bridgehead atoms. The van der Waals surface area contributed by atoms with Crippen molar-refractivity contribution in [1.82, 2.24) is 5.32 Å². The van der Waals surface area contributed by atoms with Gasteiger partial charge in [-0.3, -0.25) is 0 Å². The van der Waals surface area contributed by atoms with E-state index in [-0.39, 0.29) is 11.8 Å². The molecule has 90 valence electrons. The van der Waals surface area contributed by atoms with Crippen LogP contribution in [0.15, 0.2) is 5.16 Å². The van der Waals surface area contributed by atoms with Gasteiger partial charge in [0.25, 0.3) is 0 Å². The van der Waals surface area contributed by atoms with Crippen LogP contribution in [0.1, 0.15) is 33.6 Å². The highest BCUT2D eigenvalue weighted by atomic mass is 16.4. The molecule has 0 aromatic rings. The summed E-state index contributed by atoms with van der Waals surface area (Å²) in [6, 6.07) is 0. The normalized spacial score (nSPS) is 15.3. The second-order valence-corrected chi connectivity index (χ2v) is 3.99. The van der Waals surface area contributed by atoms with Crippen LogP contribution in [-0.2, 0) is 0 Å². The summed E-state index contributed by atoms with van der Waals surface area (Å²) in [5, 5.41) is 24.5. The van der Waals surface area contributed by atoms with E-state index in [1.54, 1.807) is 0 Å². The molecule has 0 aliphatic carbocycles. The van der Waals surface area contributed by atoms with Gasteiger partial charge in [-0.05, 0) is 12.8 Å². The van der Waals surface area contributed by atoms with Crippen molar-refractivity contribution in [3.63, 3.8) is 0 Å². The van der Waals surface area contributed by atoms with E-state index < -0.39 is 5.60 Å². The topological polar surface area (TPSA) is 90.9 Å². The van der Waals surface area contributed by atoms with E-state index in [2.05, 4.69) is 10.5 Å². The number of hydrogen-bond donors (Lipinski definition) is 4. The van der Waals surface area contributed by atoms with Gasteiger partial charge in [0, 0.05) is 19.0 Å². The molecule has 5 nitrogen and oxygen atoms in total. The number of aliphatic hydroxyl groups is 1. The molecule has 0 aromatic heterocycles. The summed E-state index contributed by atoms with van der Waals surface area (Å²) in [7, 11) is 0. The number of rotatable bonds is 7. The molecule has 0 spiro atoms. The lowest BCUT2D eigenvalue weighted by molar-refractivity contribution is 0.0324. The van der Waals surface area contributed by atoms with E-state index in [0.29, 0.717) is 25.9 Å². The Morgan fingerprint density at radius 3 is 2.40 bits per heavy atom. The molecule has 1 unspecified atom stereocenters. The second kappa shape index (κ2) is 6.63. The Morgan fingerprint density at radius 2 is 2.00 bits per heavy atom. The van der Waals surface area contributed by atoms with E-state index in [9.17, 15) is 5.11 Å². The van der Waals surface area contributed by atoms with Gasteiger partial charge in [-0.1, -0.05) is 25.9 Å². The van der Waals surface area contributed by atoms with Gasteiger partial charge >= 0.3 is 0 Å². The summed E-state index contributed by atoms with van der Waals surface area (Å²) in [4.78, 5) is 0. The maximum absolute atomic E-state index is 9.96. The van der Waals surface area contributed by atoms with Gasteiger partial charge in [0.15, 0.2) is 0 Å². The summed E-state index contributed by atoms with van der Waals surface area (Å²) in [5.74, 6) is 0.173. The van der Waals surface area contributed by atoms with Gasteiger partial charge in [-0.2, -0.15) is 0 Å². The van der Waals surface area contributed by atoms with Gasteiger partial charge in [-0.25, -0.2) is 0 Å². The predicted molar refractivity (Wildman–Crippen MR) is 61.0 cm³/mol. The third-order valence-electron chi connectivity index (χ3n) is 2.84. The lowest BCUT2D eigenvalue weighted by Gasteiger charge is -2.26. The maximum atomic E-state index is 9.96. The van der Waals surface area contributed by atoms with Crippen LogP contribution >= 0.6 is 0 Å². The van der Waals surface area contributed by atoms with Crippen LogP contribution in [0.25, 0.3) is 0 Å². The van der Waals surface area contributed by atoms with Gasteiger partial charge in [0.1, 0.15) is 5.84 Å². The summed E-state index contributed by atoms with van der Waals surface area (Å²) in [6.45, 7) is 6.90. The van der Waals surface area contributed by atoms with Gasteiger partial charge in [0.2, 0.25) is 0 Å². The smallest absolute Gasteiger partial charge is 0.143 e. The van der Waals surface area contributed by atoms with Crippen LogP contribution in [0.2, 0.25) is 0 Å². The summed E-state index contributed by atoms with van der Waals surface area (Å²) in [5.41, 5.74) is 4.78. The van der Waals surface area contributed by atoms with E-state index in [1.165, 1.54) is 0 Å². The molecule has 0 rings (SSSR count). The SMILES string of the molecule is CCC(O)(CC)CNCC(C)C(N)=NO. The van der Waals surface area contributed by atoms with Crippen LogP contribution in [0.3, 0.4) is 0 Å². The minimum absolute atomic E-state index is 0.0343. The standard InChI is InChI=1S/C10H23N3O2/c1-4-10(14,5-2)7-12-6-8(3)9(11)13-15/h8,12,14-15H,4-7H2,1-3H3,(H2,11,13). The minimum Gasteiger partial charge on any atom is -0.409 e. The highest BCUT2D eigenvalue weighted by molar-refractivity contribution is 5.82. The Bertz CT molecular complexity index is 203. The first-order chi connectivity index (χ1) is 6.99. The summed E-state index contributed by atoms with van der Waals surface area (Å²) >= 11 is 0. The van der Waals surface area contributed by atoms with Crippen molar-refractivity contribution in [1.29, 1.82) is 0 Å². The number of nitrogens with one attached hydrogen (secondary N) is 1. The zero-order valence-electron chi connectivity index (χ0n) is 9.82. The molecule has 0 radical (unpaired) electrons. The Morgan fingerprint density at radius 1 is 1.47 bits per heavy atom. The zero-order chi connectivity index (χ0) is 11.9. The van der Waals surface area contributed by atoms with Crippen LogP contribution in [0.5, 0.6) is 0 Å². The fourth-order valence-corrected chi connectivity index (χ4v) is 1.22. The van der Waals surface area contributed by atoms with Crippen LogP contribution in [-0.4, -0.2) is 34.8 Å². The Kier molecular flexibility index (Phi) is 6.27. The molecule has 15 heavy (non-hydrogen) atoms. The Labute approximate surface area is 91.4 Å². The first-order valence-corrected chi connectivity index (χ1v) is 5.39. The van der Waals surface area contributed by atoms with Gasteiger partial charge in [0.05, 0.1) is 5.60 Å². The molecule has 0 saturated heterocycles. The molecule has 5 heteroatoms. The quantitative estimate of drug-likeness (QED) is 0.216. The van der Waals surface area contributed by atoms with E-state index >= 15 is 0 Å². The van der Waals surface area contributed by atoms with Crippen molar-refractivity contribution in [2.45, 2.75) is 39.2 Å². The molecule has 0 aromatic carbocycles. The Balaban J connectivity index is 3.88. The van der Waals surface area contributed by atoms with Crippen LogP contribution < -0.4 is 11.1 Å². The van der Waals surface area contributed by atoms with Crippen molar-refractivity contribution in [3.05, 3.63) is 0 Å². The summed E-state index contributed by atoms with van der Waals surface area (Å²) in [6.07, 6.45) is 1.43. The molecule has 0 heterocycles. The average Bonchev–Trinajstić information content (AvgIpc) is 2.27. The highest BCUT2D eigenvalue weighted by Crippen LogP contribution is 2.12. The summed E-state index contributed by atoms with van der Waals surface area (Å²) < 4.78 is 0. The molecule has 0 aliphatic heterocycles. The van der Waals surface area contributed by atoms with Crippen molar-refractivity contribution in [2.24, 2.45) is 16.8 Å². The molecule has 0 fully saturated rings. The number of nitrogens with zero attached hydrogens (tertiary/aromatic N) is 1. The predicted octanol–water partition coefficient (Wildman–Crippen LogP) is 0.510. The third-order valence-corrected chi connectivity index (χ3v) is 2.84. The zero-order valence-corrected chi connectivity index (χ0v) is 9.82. The van der Waals surface area contributed by atoms with E-state index in [0.717, 1.165) is 0 Å². The third kappa shape index (κ3) is 4.99. The molecular weight excluding hydrogens is 194 g/mol. The lowest BCUT2D eigenvalue weighted by atomic mass is 9.97. The van der Waals surface area contributed by atoms with Gasteiger partial charge < -0.3 is 21.4 Å². The second-order valence-electron chi connectivity index (χ2n) is 3.99. The van der Waals surface area contributed by atoms with Crippen molar-refractivity contribution in [2.75, 3.05) is 13.1 Å². The molecular formula is C10H23N3O2. The number of nitrogens with two attached hydrogens (primary N) is 1. The number of hydrogen-bond acceptors (Lipinski definition) is 4. The molecule has 0 aliphatic rings. The first-order valence-electron chi connectivity index (χ1n) is 5.39. The van der Waals surface area contributed by atoms with Gasteiger partial charge in [-0.15, -0.1) is 0 Å². The lowest BCUT2D eigenvalue weighted by Crippen LogP contribution is -2.42. The van der Waals surface area contributed by atoms with E-state index in [1.807, 2.05) is 20.8 Å². The Hall–Kier alpha value is -0.810. The number of amidine groups is 1. The fraction of sp³-hybridized carbons (Fsp3) is 0.900.